The summed E-state index contributed by atoms with van der Waals surface area (Å²) >= 11 is 0. The van der Waals surface area contributed by atoms with Crippen LogP contribution in [0.15, 0.2) is 60.7 Å². The van der Waals surface area contributed by atoms with Crippen LogP contribution in [0.1, 0.15) is 11.1 Å². The van der Waals surface area contributed by atoms with Crippen molar-refractivity contribution in [2.24, 2.45) is 0 Å². The van der Waals surface area contributed by atoms with Crippen LogP contribution in [0.3, 0.4) is 0 Å². The van der Waals surface area contributed by atoms with Gasteiger partial charge in [-0.2, -0.15) is 0 Å². The highest BCUT2D eigenvalue weighted by Crippen LogP contribution is 2.04. The van der Waals surface area contributed by atoms with E-state index in [0.29, 0.717) is 0 Å². The van der Waals surface area contributed by atoms with Gasteiger partial charge in [-0.05, 0) is 42.0 Å². The van der Waals surface area contributed by atoms with Crippen molar-refractivity contribution in [1.29, 1.82) is 0 Å². The molecule has 17 heavy (non-hydrogen) atoms. The molecule has 0 aromatic heterocycles. The fourth-order valence-corrected chi connectivity index (χ4v) is 1.36. The predicted octanol–water partition coefficient (Wildman–Crippen LogP) is 3.89. The molecule has 0 aliphatic carbocycles. The lowest BCUT2D eigenvalue weighted by molar-refractivity contribution is 0.628. The monoisotopic (exact) mass is 222 g/mol. The first-order valence-corrected chi connectivity index (χ1v) is 5.33. The van der Waals surface area contributed by atoms with Crippen molar-refractivity contribution in [2.45, 2.75) is 0 Å². The van der Waals surface area contributed by atoms with Crippen LogP contribution in [0.25, 0.3) is 6.08 Å². The Morgan fingerprint density at radius 3 is 2.29 bits per heavy atom. The second kappa shape index (κ2) is 5.67. The van der Waals surface area contributed by atoms with Crippen molar-refractivity contribution < 1.29 is 4.39 Å². The van der Waals surface area contributed by atoms with Gasteiger partial charge in [0.15, 0.2) is 0 Å². The molecule has 0 aliphatic rings. The average Bonchev–Trinajstić information content (AvgIpc) is 2.38. The minimum absolute atomic E-state index is 0.225. The molecule has 0 fully saturated rings. The maximum absolute atomic E-state index is 12.6. The summed E-state index contributed by atoms with van der Waals surface area (Å²) in [5.41, 5.74) is 1.92. The minimum Gasteiger partial charge on any atom is -0.207 e. The first-order valence-electron chi connectivity index (χ1n) is 5.33. The van der Waals surface area contributed by atoms with Gasteiger partial charge in [-0.1, -0.05) is 42.2 Å². The summed E-state index contributed by atoms with van der Waals surface area (Å²) < 4.78 is 12.6. The highest BCUT2D eigenvalue weighted by Gasteiger charge is 1.87. The second-order valence-electron chi connectivity index (χ2n) is 3.52. The lowest BCUT2D eigenvalue weighted by Gasteiger charge is -1.90. The van der Waals surface area contributed by atoms with Gasteiger partial charge in [0, 0.05) is 5.56 Å². The Labute approximate surface area is 100 Å². The van der Waals surface area contributed by atoms with Gasteiger partial charge in [0.2, 0.25) is 0 Å². The van der Waals surface area contributed by atoms with Gasteiger partial charge in [-0.15, -0.1) is 0 Å². The Hall–Kier alpha value is -2.33. The first-order chi connectivity index (χ1) is 8.34. The molecule has 0 aliphatic heterocycles. The second-order valence-corrected chi connectivity index (χ2v) is 3.52. The molecular weight excluding hydrogens is 211 g/mol. The third kappa shape index (κ3) is 3.62. The van der Waals surface area contributed by atoms with E-state index in [-0.39, 0.29) is 5.82 Å². The van der Waals surface area contributed by atoms with E-state index < -0.39 is 0 Å². The van der Waals surface area contributed by atoms with Crippen LogP contribution < -0.4 is 0 Å². The fraction of sp³-hybridized carbons (Fsp3) is 0. The zero-order valence-electron chi connectivity index (χ0n) is 9.23. The third-order valence-corrected chi connectivity index (χ3v) is 2.22. The van der Waals surface area contributed by atoms with Crippen molar-refractivity contribution in [2.75, 3.05) is 0 Å². The lowest BCUT2D eigenvalue weighted by atomic mass is 10.2. The summed E-state index contributed by atoms with van der Waals surface area (Å²) in [6.45, 7) is 0. The van der Waals surface area contributed by atoms with Crippen LogP contribution in [0.5, 0.6) is 0 Å². The standard InChI is InChI=1S/C16H11F/c17-16-12-10-15(11-13-16)9-5-4-8-14-6-2-1-3-7-14/h1-3,5-7,9-13H/b9-5+. The Kier molecular flexibility index (Phi) is 3.72. The zero-order valence-corrected chi connectivity index (χ0v) is 9.23. The van der Waals surface area contributed by atoms with E-state index in [1.54, 1.807) is 18.2 Å². The molecule has 0 nitrogen and oxygen atoms in total. The molecule has 0 amide bonds. The molecule has 1 heteroatoms. The smallest absolute Gasteiger partial charge is 0.123 e. The number of allylic oxidation sites excluding steroid dienone is 1. The molecule has 2 aromatic carbocycles. The summed E-state index contributed by atoms with van der Waals surface area (Å²) in [5.74, 6) is 5.73. The van der Waals surface area contributed by atoms with Crippen LogP contribution in [-0.2, 0) is 0 Å². The molecule has 82 valence electrons. The zero-order chi connectivity index (χ0) is 11.9. The Balaban J connectivity index is 2.03. The molecule has 0 spiro atoms. The normalized spacial score (nSPS) is 9.94. The van der Waals surface area contributed by atoms with Gasteiger partial charge in [0.25, 0.3) is 0 Å². The molecule has 0 heterocycles. The lowest BCUT2D eigenvalue weighted by Crippen LogP contribution is -1.73. The molecule has 0 saturated heterocycles. The van der Waals surface area contributed by atoms with E-state index in [0.717, 1.165) is 11.1 Å². The number of hydrogen-bond donors (Lipinski definition) is 0. The van der Waals surface area contributed by atoms with Gasteiger partial charge >= 0.3 is 0 Å². The van der Waals surface area contributed by atoms with Crippen LogP contribution in [0.4, 0.5) is 4.39 Å². The SMILES string of the molecule is Fc1ccc(/C=C/C#Cc2ccccc2)cc1. The quantitative estimate of drug-likeness (QED) is 0.642. The van der Waals surface area contributed by atoms with E-state index in [2.05, 4.69) is 11.8 Å². The molecule has 0 radical (unpaired) electrons. The van der Waals surface area contributed by atoms with Crippen LogP contribution in [-0.4, -0.2) is 0 Å². The van der Waals surface area contributed by atoms with Crippen molar-refractivity contribution >= 4 is 6.08 Å². The van der Waals surface area contributed by atoms with Gasteiger partial charge in [-0.25, -0.2) is 4.39 Å². The number of rotatable bonds is 1. The number of benzene rings is 2. The third-order valence-electron chi connectivity index (χ3n) is 2.22. The van der Waals surface area contributed by atoms with Crippen molar-refractivity contribution in [1.82, 2.24) is 0 Å². The van der Waals surface area contributed by atoms with Crippen molar-refractivity contribution in [3.05, 3.63) is 77.6 Å². The Bertz CT molecular complexity index is 554. The largest absolute Gasteiger partial charge is 0.207 e. The first kappa shape index (κ1) is 11.2. The van der Waals surface area contributed by atoms with Gasteiger partial charge < -0.3 is 0 Å². The van der Waals surface area contributed by atoms with Crippen LogP contribution in [0.2, 0.25) is 0 Å². The Morgan fingerprint density at radius 2 is 1.59 bits per heavy atom. The van der Waals surface area contributed by atoms with E-state index in [4.69, 9.17) is 0 Å². The predicted molar refractivity (Wildman–Crippen MR) is 68.8 cm³/mol. The van der Waals surface area contributed by atoms with Crippen molar-refractivity contribution in [3.63, 3.8) is 0 Å². The molecule has 0 unspecified atom stereocenters. The van der Waals surface area contributed by atoms with E-state index in [1.165, 1.54) is 12.1 Å². The van der Waals surface area contributed by atoms with Crippen molar-refractivity contribution in [3.8, 4) is 11.8 Å². The summed E-state index contributed by atoms with van der Waals surface area (Å²) in [5, 5.41) is 0. The maximum Gasteiger partial charge on any atom is 0.123 e. The highest BCUT2D eigenvalue weighted by molar-refractivity contribution is 5.53. The Morgan fingerprint density at radius 1 is 0.882 bits per heavy atom. The molecule has 0 bridgehead atoms. The fourth-order valence-electron chi connectivity index (χ4n) is 1.36. The summed E-state index contributed by atoms with van der Waals surface area (Å²) in [7, 11) is 0. The van der Waals surface area contributed by atoms with E-state index >= 15 is 0 Å². The average molecular weight is 222 g/mol. The summed E-state index contributed by atoms with van der Waals surface area (Å²) in [6.07, 6.45) is 3.62. The summed E-state index contributed by atoms with van der Waals surface area (Å²) in [4.78, 5) is 0. The van der Waals surface area contributed by atoms with Crippen LogP contribution >= 0.6 is 0 Å². The molecule has 0 saturated carbocycles. The number of halogens is 1. The van der Waals surface area contributed by atoms with E-state index in [1.807, 2.05) is 36.4 Å². The molecule has 2 aromatic rings. The molecular formula is C16H11F. The molecule has 2 rings (SSSR count). The van der Waals surface area contributed by atoms with E-state index in [9.17, 15) is 4.39 Å². The molecule has 0 N–H and O–H groups in total. The van der Waals surface area contributed by atoms with Gasteiger partial charge in [0.1, 0.15) is 5.82 Å². The highest BCUT2D eigenvalue weighted by atomic mass is 19.1. The van der Waals surface area contributed by atoms with Gasteiger partial charge in [-0.3, -0.25) is 0 Å². The molecule has 0 atom stereocenters. The van der Waals surface area contributed by atoms with Crippen LogP contribution in [0, 0.1) is 17.7 Å². The minimum atomic E-state index is -0.225. The number of hydrogen-bond acceptors (Lipinski definition) is 0. The maximum atomic E-state index is 12.6. The van der Waals surface area contributed by atoms with Gasteiger partial charge in [0.05, 0.1) is 0 Å². The topological polar surface area (TPSA) is 0 Å². The summed E-state index contributed by atoms with van der Waals surface area (Å²) in [6, 6.07) is 16.1.